The van der Waals surface area contributed by atoms with Crippen molar-refractivity contribution in [3.63, 3.8) is 0 Å². The fourth-order valence-electron chi connectivity index (χ4n) is 1.44. The maximum absolute atomic E-state index is 13.4. The zero-order valence-electron chi connectivity index (χ0n) is 9.08. The molecule has 2 aromatic carbocycles. The lowest BCUT2D eigenvalue weighted by Crippen LogP contribution is -2.21. The van der Waals surface area contributed by atoms with Crippen molar-refractivity contribution in [1.82, 2.24) is 5.43 Å². The zero-order chi connectivity index (χ0) is 12.1. The molecule has 2 aromatic rings. The van der Waals surface area contributed by atoms with Gasteiger partial charge in [0.05, 0.1) is 0 Å². The summed E-state index contributed by atoms with van der Waals surface area (Å²) >= 11 is 3.32. The van der Waals surface area contributed by atoms with E-state index in [0.29, 0.717) is 12.1 Å². The molecule has 0 atom stereocenters. The van der Waals surface area contributed by atoms with Gasteiger partial charge in [-0.2, -0.15) is 0 Å². The Morgan fingerprint density at radius 3 is 2.59 bits per heavy atom. The van der Waals surface area contributed by atoms with Crippen molar-refractivity contribution in [3.05, 3.63) is 64.4 Å². The van der Waals surface area contributed by atoms with Crippen LogP contribution in [0.1, 0.15) is 5.56 Å². The molecule has 0 fully saturated rings. The Balaban J connectivity index is 1.92. The molecule has 4 heteroatoms. The van der Waals surface area contributed by atoms with Crippen molar-refractivity contribution >= 4 is 21.6 Å². The fraction of sp³-hybridized carbons (Fsp3) is 0.0769. The molecule has 0 bridgehead atoms. The second-order valence-corrected chi connectivity index (χ2v) is 4.50. The van der Waals surface area contributed by atoms with Crippen molar-refractivity contribution < 1.29 is 4.39 Å². The predicted octanol–water partition coefficient (Wildman–Crippen LogP) is 3.70. The smallest absolute Gasteiger partial charge is 0.127 e. The molecular weight excluding hydrogens is 283 g/mol. The van der Waals surface area contributed by atoms with Crippen LogP contribution in [0.25, 0.3) is 0 Å². The van der Waals surface area contributed by atoms with E-state index >= 15 is 0 Å². The van der Waals surface area contributed by atoms with Crippen LogP contribution in [0.15, 0.2) is 53.0 Å². The Morgan fingerprint density at radius 1 is 1.06 bits per heavy atom. The van der Waals surface area contributed by atoms with Crippen LogP contribution < -0.4 is 10.9 Å². The lowest BCUT2D eigenvalue weighted by molar-refractivity contribution is 0.599. The summed E-state index contributed by atoms with van der Waals surface area (Å²) < 4.78 is 14.3. The van der Waals surface area contributed by atoms with Gasteiger partial charge < -0.3 is 5.43 Å². The lowest BCUT2D eigenvalue weighted by Gasteiger charge is -2.09. The van der Waals surface area contributed by atoms with Gasteiger partial charge in [0, 0.05) is 22.3 Å². The standard InChI is InChI=1S/C13H12BrFN2/c14-11-6-7-13(15)10(8-11)9-16-17-12-4-2-1-3-5-12/h1-8,16-17H,9H2. The number of hydrazine groups is 1. The molecule has 2 rings (SSSR count). The molecule has 0 amide bonds. The number of nitrogens with one attached hydrogen (secondary N) is 2. The van der Waals surface area contributed by atoms with Crippen molar-refractivity contribution in [2.24, 2.45) is 0 Å². The first-order valence-corrected chi connectivity index (χ1v) is 6.03. The molecule has 88 valence electrons. The van der Waals surface area contributed by atoms with E-state index in [1.54, 1.807) is 12.1 Å². The molecule has 17 heavy (non-hydrogen) atoms. The summed E-state index contributed by atoms with van der Waals surface area (Å²) in [6, 6.07) is 14.6. The summed E-state index contributed by atoms with van der Waals surface area (Å²) in [5.41, 5.74) is 7.54. The Kier molecular flexibility index (Phi) is 4.12. The average Bonchev–Trinajstić information content (AvgIpc) is 2.35. The van der Waals surface area contributed by atoms with E-state index in [-0.39, 0.29) is 5.82 Å². The monoisotopic (exact) mass is 294 g/mol. The van der Waals surface area contributed by atoms with Gasteiger partial charge in [-0.25, -0.2) is 9.82 Å². The SMILES string of the molecule is Fc1ccc(Br)cc1CNNc1ccccc1. The Labute approximate surface area is 108 Å². The first kappa shape index (κ1) is 12.1. The van der Waals surface area contributed by atoms with E-state index in [2.05, 4.69) is 26.8 Å². The Bertz CT molecular complexity index is 488. The highest BCUT2D eigenvalue weighted by atomic mass is 79.9. The minimum Gasteiger partial charge on any atom is -0.321 e. The summed E-state index contributed by atoms with van der Waals surface area (Å²) in [7, 11) is 0. The number of hydrogen-bond donors (Lipinski definition) is 2. The second-order valence-electron chi connectivity index (χ2n) is 3.58. The van der Waals surface area contributed by atoms with Crippen molar-refractivity contribution in [2.45, 2.75) is 6.54 Å². The van der Waals surface area contributed by atoms with Crippen molar-refractivity contribution in [3.8, 4) is 0 Å². The van der Waals surface area contributed by atoms with Gasteiger partial charge in [-0.05, 0) is 30.3 Å². The molecule has 0 aliphatic heterocycles. The molecule has 0 radical (unpaired) electrons. The van der Waals surface area contributed by atoms with Crippen LogP contribution >= 0.6 is 15.9 Å². The summed E-state index contributed by atoms with van der Waals surface area (Å²) in [4.78, 5) is 0. The summed E-state index contributed by atoms with van der Waals surface area (Å²) in [6.07, 6.45) is 0. The zero-order valence-corrected chi connectivity index (χ0v) is 10.7. The van der Waals surface area contributed by atoms with Gasteiger partial charge in [-0.3, -0.25) is 0 Å². The van der Waals surface area contributed by atoms with Gasteiger partial charge in [0.1, 0.15) is 5.82 Å². The lowest BCUT2D eigenvalue weighted by atomic mass is 10.2. The molecule has 0 aliphatic rings. The molecule has 0 aliphatic carbocycles. The normalized spacial score (nSPS) is 10.2. The maximum atomic E-state index is 13.4. The third kappa shape index (κ3) is 3.54. The van der Waals surface area contributed by atoms with Crippen LogP contribution in [0.2, 0.25) is 0 Å². The molecule has 0 aromatic heterocycles. The minimum absolute atomic E-state index is 0.212. The van der Waals surface area contributed by atoms with Gasteiger partial charge in [-0.1, -0.05) is 34.1 Å². The van der Waals surface area contributed by atoms with Gasteiger partial charge >= 0.3 is 0 Å². The van der Waals surface area contributed by atoms with Crippen molar-refractivity contribution in [2.75, 3.05) is 5.43 Å². The molecule has 0 heterocycles. The highest BCUT2D eigenvalue weighted by molar-refractivity contribution is 9.10. The number of benzene rings is 2. The Hall–Kier alpha value is -1.39. The van der Waals surface area contributed by atoms with Gasteiger partial charge in [0.15, 0.2) is 0 Å². The van der Waals surface area contributed by atoms with Crippen LogP contribution in [0.4, 0.5) is 10.1 Å². The molecule has 0 unspecified atom stereocenters. The van der Waals surface area contributed by atoms with Gasteiger partial charge in [0.25, 0.3) is 0 Å². The molecule has 0 saturated carbocycles. The molecule has 2 N–H and O–H groups in total. The van der Waals surface area contributed by atoms with Crippen LogP contribution in [0, 0.1) is 5.82 Å². The van der Waals surface area contributed by atoms with Crippen LogP contribution in [-0.2, 0) is 6.54 Å². The number of para-hydroxylation sites is 1. The molecular formula is C13H12BrFN2. The fourth-order valence-corrected chi connectivity index (χ4v) is 1.85. The van der Waals surface area contributed by atoms with E-state index < -0.39 is 0 Å². The third-order valence-electron chi connectivity index (χ3n) is 2.29. The van der Waals surface area contributed by atoms with E-state index in [4.69, 9.17) is 0 Å². The maximum Gasteiger partial charge on any atom is 0.127 e. The summed E-state index contributed by atoms with van der Waals surface area (Å²) in [5, 5.41) is 0. The molecule has 0 saturated heterocycles. The first-order chi connectivity index (χ1) is 8.25. The van der Waals surface area contributed by atoms with E-state index in [1.807, 2.05) is 30.3 Å². The third-order valence-corrected chi connectivity index (χ3v) is 2.79. The van der Waals surface area contributed by atoms with E-state index in [1.165, 1.54) is 6.07 Å². The van der Waals surface area contributed by atoms with Crippen LogP contribution in [-0.4, -0.2) is 0 Å². The predicted molar refractivity (Wildman–Crippen MR) is 71.0 cm³/mol. The topological polar surface area (TPSA) is 24.1 Å². The quantitative estimate of drug-likeness (QED) is 0.840. The minimum atomic E-state index is -0.212. The van der Waals surface area contributed by atoms with Gasteiger partial charge in [-0.15, -0.1) is 0 Å². The van der Waals surface area contributed by atoms with E-state index in [9.17, 15) is 4.39 Å². The summed E-state index contributed by atoms with van der Waals surface area (Å²) in [6.45, 7) is 0.417. The number of anilines is 1. The number of hydrogen-bond acceptors (Lipinski definition) is 2. The molecule has 0 spiro atoms. The second kappa shape index (κ2) is 5.80. The number of halogens is 2. The van der Waals surface area contributed by atoms with E-state index in [0.717, 1.165) is 10.2 Å². The largest absolute Gasteiger partial charge is 0.321 e. The molecule has 2 nitrogen and oxygen atoms in total. The van der Waals surface area contributed by atoms with Gasteiger partial charge in [0.2, 0.25) is 0 Å². The highest BCUT2D eigenvalue weighted by Gasteiger charge is 2.01. The highest BCUT2D eigenvalue weighted by Crippen LogP contribution is 2.15. The average molecular weight is 295 g/mol. The number of rotatable bonds is 4. The van der Waals surface area contributed by atoms with Crippen molar-refractivity contribution in [1.29, 1.82) is 0 Å². The summed E-state index contributed by atoms with van der Waals surface area (Å²) in [5.74, 6) is -0.212. The van der Waals surface area contributed by atoms with Crippen LogP contribution in [0.3, 0.4) is 0 Å². The Morgan fingerprint density at radius 2 is 1.82 bits per heavy atom. The van der Waals surface area contributed by atoms with Crippen LogP contribution in [0.5, 0.6) is 0 Å². The first-order valence-electron chi connectivity index (χ1n) is 5.23.